The lowest BCUT2D eigenvalue weighted by Gasteiger charge is -2.37. The molecule has 3 rings (SSSR count). The summed E-state index contributed by atoms with van der Waals surface area (Å²) in [5, 5.41) is 3.82. The Morgan fingerprint density at radius 3 is 2.67 bits per heavy atom. The third-order valence-corrected chi connectivity index (χ3v) is 5.09. The fourth-order valence-electron chi connectivity index (χ4n) is 3.69. The minimum absolute atomic E-state index is 0.142. The molecule has 0 bridgehead atoms. The summed E-state index contributed by atoms with van der Waals surface area (Å²) in [4.78, 5) is 13.5. The topological polar surface area (TPSA) is 50.8 Å². The molecule has 0 radical (unpaired) electrons. The van der Waals surface area contributed by atoms with Crippen LogP contribution in [0.3, 0.4) is 0 Å². The van der Waals surface area contributed by atoms with Crippen LogP contribution < -0.4 is 5.32 Å². The van der Waals surface area contributed by atoms with Gasteiger partial charge in [0.25, 0.3) is 0 Å². The zero-order valence-electron chi connectivity index (χ0n) is 14.4. The van der Waals surface area contributed by atoms with E-state index in [0.717, 1.165) is 45.4 Å². The van der Waals surface area contributed by atoms with Gasteiger partial charge in [0.05, 0.1) is 19.8 Å². The van der Waals surface area contributed by atoms with E-state index in [0.29, 0.717) is 18.6 Å². The molecule has 2 atom stereocenters. The summed E-state index contributed by atoms with van der Waals surface area (Å²) in [5.74, 6) is -0.142. The number of benzene rings is 1. The first-order chi connectivity index (χ1) is 11.7. The minimum Gasteiger partial charge on any atom is -0.468 e. The van der Waals surface area contributed by atoms with Crippen LogP contribution in [0.25, 0.3) is 0 Å². The van der Waals surface area contributed by atoms with Gasteiger partial charge in [-0.1, -0.05) is 30.3 Å². The molecule has 2 saturated heterocycles. The Labute approximate surface area is 144 Å². The third-order valence-electron chi connectivity index (χ3n) is 5.09. The number of rotatable bonds is 5. The standard InChI is InChI=1S/C19H28N2O3/c1-23-19(22)14-21-10-7-16(8-11-21)20-17-9-12-24-18(13-17)15-5-3-2-4-6-15/h2-6,16-18,20H,7-14H2,1H3/t17-,18+/m1/s1. The monoisotopic (exact) mass is 332 g/mol. The predicted molar refractivity (Wildman–Crippen MR) is 92.8 cm³/mol. The molecule has 0 aliphatic carbocycles. The number of nitrogens with zero attached hydrogens (tertiary/aromatic N) is 1. The van der Waals surface area contributed by atoms with E-state index in [-0.39, 0.29) is 12.1 Å². The molecule has 132 valence electrons. The molecule has 2 heterocycles. The smallest absolute Gasteiger partial charge is 0.319 e. The van der Waals surface area contributed by atoms with Crippen molar-refractivity contribution in [1.82, 2.24) is 10.2 Å². The van der Waals surface area contributed by atoms with Crippen molar-refractivity contribution in [2.24, 2.45) is 0 Å². The molecule has 0 spiro atoms. The molecular formula is C19H28N2O3. The first-order valence-electron chi connectivity index (χ1n) is 8.96. The number of likely N-dealkylation sites (tertiary alicyclic amines) is 1. The van der Waals surface area contributed by atoms with E-state index >= 15 is 0 Å². The van der Waals surface area contributed by atoms with Gasteiger partial charge in [-0.05, 0) is 31.2 Å². The molecule has 2 fully saturated rings. The molecule has 5 nitrogen and oxygen atoms in total. The second kappa shape index (κ2) is 8.60. The van der Waals surface area contributed by atoms with Gasteiger partial charge in [-0.2, -0.15) is 0 Å². The summed E-state index contributed by atoms with van der Waals surface area (Å²) >= 11 is 0. The highest BCUT2D eigenvalue weighted by Crippen LogP contribution is 2.28. The van der Waals surface area contributed by atoms with Crippen LogP contribution in [0, 0.1) is 0 Å². The van der Waals surface area contributed by atoms with Crippen molar-refractivity contribution in [2.45, 2.75) is 43.9 Å². The van der Waals surface area contributed by atoms with Crippen LogP contribution >= 0.6 is 0 Å². The van der Waals surface area contributed by atoms with E-state index in [4.69, 9.17) is 9.47 Å². The van der Waals surface area contributed by atoms with Gasteiger partial charge in [-0.3, -0.25) is 9.69 Å². The maximum Gasteiger partial charge on any atom is 0.319 e. The van der Waals surface area contributed by atoms with Crippen molar-refractivity contribution in [1.29, 1.82) is 0 Å². The Morgan fingerprint density at radius 2 is 1.96 bits per heavy atom. The summed E-state index contributed by atoms with van der Waals surface area (Å²) in [6.07, 6.45) is 4.49. The zero-order chi connectivity index (χ0) is 16.8. The molecular weight excluding hydrogens is 304 g/mol. The Morgan fingerprint density at radius 1 is 1.21 bits per heavy atom. The lowest BCUT2D eigenvalue weighted by atomic mass is 9.95. The molecule has 0 saturated carbocycles. The highest BCUT2D eigenvalue weighted by molar-refractivity contribution is 5.71. The summed E-state index contributed by atoms with van der Waals surface area (Å²) in [5.41, 5.74) is 1.27. The van der Waals surface area contributed by atoms with Gasteiger partial charge >= 0.3 is 5.97 Å². The number of hydrogen-bond acceptors (Lipinski definition) is 5. The van der Waals surface area contributed by atoms with Crippen LogP contribution in [0.4, 0.5) is 0 Å². The molecule has 2 aliphatic heterocycles. The highest BCUT2D eigenvalue weighted by Gasteiger charge is 2.27. The van der Waals surface area contributed by atoms with E-state index in [2.05, 4.69) is 34.5 Å². The van der Waals surface area contributed by atoms with Crippen LogP contribution in [0.15, 0.2) is 30.3 Å². The predicted octanol–water partition coefficient (Wildman–Crippen LogP) is 2.13. The highest BCUT2D eigenvalue weighted by atomic mass is 16.5. The Bertz CT molecular complexity index is 515. The van der Waals surface area contributed by atoms with Gasteiger partial charge < -0.3 is 14.8 Å². The van der Waals surface area contributed by atoms with Crippen LogP contribution in [-0.4, -0.2) is 56.3 Å². The number of ether oxygens (including phenoxy) is 2. The minimum atomic E-state index is -0.142. The summed E-state index contributed by atoms with van der Waals surface area (Å²) in [6.45, 7) is 3.14. The van der Waals surface area contributed by atoms with E-state index in [1.165, 1.54) is 12.7 Å². The third kappa shape index (κ3) is 4.79. The maximum absolute atomic E-state index is 11.4. The number of carbonyl (C=O) groups excluding carboxylic acids is 1. The van der Waals surface area contributed by atoms with Crippen molar-refractivity contribution >= 4 is 5.97 Å². The number of hydrogen-bond donors (Lipinski definition) is 1. The second-order valence-corrected chi connectivity index (χ2v) is 6.78. The van der Waals surface area contributed by atoms with Crippen molar-refractivity contribution in [3.8, 4) is 0 Å². The van der Waals surface area contributed by atoms with Crippen LogP contribution in [0.1, 0.15) is 37.4 Å². The van der Waals surface area contributed by atoms with E-state index in [1.54, 1.807) is 0 Å². The van der Waals surface area contributed by atoms with Gasteiger partial charge in [-0.25, -0.2) is 0 Å². The average Bonchev–Trinajstić information content (AvgIpc) is 2.64. The maximum atomic E-state index is 11.4. The summed E-state index contributed by atoms with van der Waals surface area (Å²) in [6, 6.07) is 11.6. The molecule has 0 aromatic heterocycles. The quantitative estimate of drug-likeness (QED) is 0.837. The van der Waals surface area contributed by atoms with Crippen LogP contribution in [0.2, 0.25) is 0 Å². The lowest BCUT2D eigenvalue weighted by Crippen LogP contribution is -2.48. The molecule has 5 heteroatoms. The lowest BCUT2D eigenvalue weighted by molar-refractivity contribution is -0.142. The summed E-state index contributed by atoms with van der Waals surface area (Å²) < 4.78 is 10.7. The molecule has 1 aromatic carbocycles. The largest absolute Gasteiger partial charge is 0.468 e. The normalized spacial score (nSPS) is 26.2. The van der Waals surface area contributed by atoms with E-state index in [9.17, 15) is 4.79 Å². The molecule has 1 aromatic rings. The number of esters is 1. The fraction of sp³-hybridized carbons (Fsp3) is 0.632. The first kappa shape index (κ1) is 17.4. The van der Waals surface area contributed by atoms with E-state index < -0.39 is 0 Å². The fourth-order valence-corrected chi connectivity index (χ4v) is 3.69. The number of nitrogens with one attached hydrogen (secondary N) is 1. The molecule has 2 aliphatic rings. The second-order valence-electron chi connectivity index (χ2n) is 6.78. The Kier molecular flexibility index (Phi) is 6.24. The first-order valence-corrected chi connectivity index (χ1v) is 8.96. The number of methoxy groups -OCH3 is 1. The summed E-state index contributed by atoms with van der Waals surface area (Å²) in [7, 11) is 1.45. The van der Waals surface area contributed by atoms with Crippen molar-refractivity contribution in [3.05, 3.63) is 35.9 Å². The molecule has 0 amide bonds. The van der Waals surface area contributed by atoms with Crippen molar-refractivity contribution in [3.63, 3.8) is 0 Å². The average molecular weight is 332 g/mol. The molecule has 0 unspecified atom stereocenters. The number of carbonyl (C=O) groups is 1. The van der Waals surface area contributed by atoms with Crippen LogP contribution in [-0.2, 0) is 14.3 Å². The number of piperidine rings is 1. The van der Waals surface area contributed by atoms with E-state index in [1.807, 2.05) is 6.07 Å². The Balaban J connectivity index is 1.44. The van der Waals surface area contributed by atoms with Crippen LogP contribution in [0.5, 0.6) is 0 Å². The molecule has 1 N–H and O–H groups in total. The van der Waals surface area contributed by atoms with Gasteiger partial charge in [0.15, 0.2) is 0 Å². The van der Waals surface area contributed by atoms with Gasteiger partial charge in [0.2, 0.25) is 0 Å². The SMILES string of the molecule is COC(=O)CN1CCC(N[C@@H]2CCO[C@H](c3ccccc3)C2)CC1. The van der Waals surface area contributed by atoms with Gasteiger partial charge in [-0.15, -0.1) is 0 Å². The zero-order valence-corrected chi connectivity index (χ0v) is 14.4. The van der Waals surface area contributed by atoms with Gasteiger partial charge in [0, 0.05) is 31.8 Å². The van der Waals surface area contributed by atoms with Crippen molar-refractivity contribution < 1.29 is 14.3 Å². The molecule has 24 heavy (non-hydrogen) atoms. The van der Waals surface area contributed by atoms with Crippen molar-refractivity contribution in [2.75, 3.05) is 33.4 Å². The van der Waals surface area contributed by atoms with Gasteiger partial charge in [0.1, 0.15) is 0 Å². The Hall–Kier alpha value is -1.43.